The van der Waals surface area contributed by atoms with Gasteiger partial charge in [-0.1, -0.05) is 12.1 Å². The highest BCUT2D eigenvalue weighted by atomic mass is 32.2. The molecule has 112 valence electrons. The third-order valence-electron chi connectivity index (χ3n) is 3.11. The lowest BCUT2D eigenvalue weighted by Crippen LogP contribution is -2.26. The molecule has 0 radical (unpaired) electrons. The highest BCUT2D eigenvalue weighted by Gasteiger charge is 2.16. The Hall–Kier alpha value is -1.92. The van der Waals surface area contributed by atoms with Crippen LogP contribution in [-0.4, -0.2) is 15.0 Å². The van der Waals surface area contributed by atoms with Crippen molar-refractivity contribution in [2.24, 2.45) is 0 Å². The molecule has 0 spiro atoms. The summed E-state index contributed by atoms with van der Waals surface area (Å²) in [6.45, 7) is 1.83. The van der Waals surface area contributed by atoms with Crippen LogP contribution in [0.2, 0.25) is 0 Å². The first kappa shape index (κ1) is 15.5. The molecule has 0 aliphatic rings. The quantitative estimate of drug-likeness (QED) is 0.832. The van der Waals surface area contributed by atoms with E-state index in [4.69, 9.17) is 5.73 Å². The maximum absolute atomic E-state index is 13.0. The Bertz CT molecular complexity index is 728. The number of halogens is 1. The Kier molecular flexibility index (Phi) is 4.59. The molecule has 0 amide bonds. The zero-order valence-corrected chi connectivity index (χ0v) is 12.5. The predicted octanol–water partition coefficient (Wildman–Crippen LogP) is 2.24. The van der Waals surface area contributed by atoms with Crippen LogP contribution in [0.4, 0.5) is 10.1 Å². The molecule has 0 heterocycles. The summed E-state index contributed by atoms with van der Waals surface area (Å²) in [5.41, 5.74) is 7.63. The largest absolute Gasteiger partial charge is 0.399 e. The fourth-order valence-corrected chi connectivity index (χ4v) is 3.26. The molecule has 2 aromatic carbocycles. The molecule has 0 aromatic heterocycles. The predicted molar refractivity (Wildman–Crippen MR) is 80.9 cm³/mol. The monoisotopic (exact) mass is 308 g/mol. The average Bonchev–Trinajstić information content (AvgIpc) is 2.40. The first-order chi connectivity index (χ1) is 9.88. The van der Waals surface area contributed by atoms with E-state index in [-0.39, 0.29) is 11.4 Å². The number of hydrogen-bond donors (Lipinski definition) is 2. The van der Waals surface area contributed by atoms with E-state index in [0.29, 0.717) is 17.7 Å². The average molecular weight is 308 g/mol. The molecule has 2 aromatic rings. The van der Waals surface area contributed by atoms with Crippen LogP contribution >= 0.6 is 0 Å². The van der Waals surface area contributed by atoms with Crippen LogP contribution in [0.25, 0.3) is 0 Å². The van der Waals surface area contributed by atoms with Crippen molar-refractivity contribution in [3.8, 4) is 0 Å². The van der Waals surface area contributed by atoms with Crippen molar-refractivity contribution in [2.45, 2.75) is 18.2 Å². The molecule has 6 heteroatoms. The molecule has 21 heavy (non-hydrogen) atoms. The minimum Gasteiger partial charge on any atom is -0.399 e. The fraction of sp³-hybridized carbons (Fsp3) is 0.200. The van der Waals surface area contributed by atoms with Gasteiger partial charge < -0.3 is 5.73 Å². The molecule has 0 bridgehead atoms. The van der Waals surface area contributed by atoms with E-state index in [1.165, 1.54) is 12.1 Å². The second-order valence-corrected chi connectivity index (χ2v) is 6.53. The standard InChI is InChI=1S/C15H17FN2O2S/c1-11-10-13(16)4-7-15(11)21(19,20)18-9-8-12-2-5-14(17)6-3-12/h2-7,10,18H,8-9,17H2,1H3. The Morgan fingerprint density at radius 3 is 2.43 bits per heavy atom. The SMILES string of the molecule is Cc1cc(F)ccc1S(=O)(=O)NCCc1ccc(N)cc1. The molecule has 0 atom stereocenters. The Balaban J connectivity index is 2.03. The van der Waals surface area contributed by atoms with Gasteiger partial charge in [-0.15, -0.1) is 0 Å². The maximum Gasteiger partial charge on any atom is 0.240 e. The Morgan fingerprint density at radius 2 is 1.81 bits per heavy atom. The van der Waals surface area contributed by atoms with Crippen LogP contribution in [0.15, 0.2) is 47.4 Å². The van der Waals surface area contributed by atoms with Crippen molar-refractivity contribution >= 4 is 15.7 Å². The number of hydrogen-bond acceptors (Lipinski definition) is 3. The van der Waals surface area contributed by atoms with E-state index in [0.717, 1.165) is 11.6 Å². The van der Waals surface area contributed by atoms with Gasteiger partial charge in [0.05, 0.1) is 4.90 Å². The van der Waals surface area contributed by atoms with E-state index >= 15 is 0 Å². The van der Waals surface area contributed by atoms with Crippen molar-refractivity contribution in [3.63, 3.8) is 0 Å². The highest BCUT2D eigenvalue weighted by Crippen LogP contribution is 2.16. The normalized spacial score (nSPS) is 11.5. The zero-order chi connectivity index (χ0) is 15.5. The first-order valence-electron chi connectivity index (χ1n) is 6.49. The van der Waals surface area contributed by atoms with Crippen LogP contribution in [0.5, 0.6) is 0 Å². The molecule has 0 unspecified atom stereocenters. The number of rotatable bonds is 5. The van der Waals surface area contributed by atoms with Crippen LogP contribution in [0.1, 0.15) is 11.1 Å². The number of benzene rings is 2. The first-order valence-corrected chi connectivity index (χ1v) is 7.97. The molecule has 2 rings (SSSR count). The summed E-state index contributed by atoms with van der Waals surface area (Å²) in [7, 11) is -3.63. The maximum atomic E-state index is 13.0. The molecule has 3 N–H and O–H groups in total. The summed E-state index contributed by atoms with van der Waals surface area (Å²) >= 11 is 0. The van der Waals surface area contributed by atoms with Crippen molar-refractivity contribution < 1.29 is 12.8 Å². The van der Waals surface area contributed by atoms with E-state index in [1.54, 1.807) is 19.1 Å². The molecule has 4 nitrogen and oxygen atoms in total. The van der Waals surface area contributed by atoms with Gasteiger partial charge in [-0.25, -0.2) is 17.5 Å². The van der Waals surface area contributed by atoms with E-state index in [9.17, 15) is 12.8 Å². The molecule has 0 fully saturated rings. The number of nitrogens with two attached hydrogens (primary N) is 1. The summed E-state index contributed by atoms with van der Waals surface area (Å²) in [6.07, 6.45) is 0.555. The molecule has 0 aliphatic carbocycles. The lowest BCUT2D eigenvalue weighted by Gasteiger charge is -2.09. The van der Waals surface area contributed by atoms with Gasteiger partial charge in [0.1, 0.15) is 5.82 Å². The van der Waals surface area contributed by atoms with Crippen LogP contribution < -0.4 is 10.5 Å². The smallest absolute Gasteiger partial charge is 0.240 e. The number of sulfonamides is 1. The summed E-state index contributed by atoms with van der Waals surface area (Å²) in [4.78, 5) is 0.0983. The molecule has 0 aliphatic heterocycles. The highest BCUT2D eigenvalue weighted by molar-refractivity contribution is 7.89. The number of aryl methyl sites for hydroxylation is 1. The van der Waals surface area contributed by atoms with E-state index in [2.05, 4.69) is 4.72 Å². The lowest BCUT2D eigenvalue weighted by molar-refractivity contribution is 0.580. The second-order valence-electron chi connectivity index (χ2n) is 4.80. The minimum atomic E-state index is -3.63. The minimum absolute atomic E-state index is 0.0983. The third-order valence-corrected chi connectivity index (χ3v) is 4.73. The topological polar surface area (TPSA) is 72.2 Å². The molecule has 0 saturated heterocycles. The Morgan fingerprint density at radius 1 is 1.14 bits per heavy atom. The van der Waals surface area contributed by atoms with Gasteiger partial charge in [0.25, 0.3) is 0 Å². The van der Waals surface area contributed by atoms with E-state index < -0.39 is 15.8 Å². The summed E-state index contributed by atoms with van der Waals surface area (Å²) < 4.78 is 39.8. The van der Waals surface area contributed by atoms with Gasteiger partial charge in [-0.2, -0.15) is 0 Å². The van der Waals surface area contributed by atoms with Gasteiger partial charge in [0, 0.05) is 12.2 Å². The van der Waals surface area contributed by atoms with Gasteiger partial charge in [0.2, 0.25) is 10.0 Å². The van der Waals surface area contributed by atoms with Crippen molar-refractivity contribution in [1.82, 2.24) is 4.72 Å². The summed E-state index contributed by atoms with van der Waals surface area (Å²) in [6, 6.07) is 10.9. The third kappa shape index (κ3) is 4.03. The number of nitrogens with one attached hydrogen (secondary N) is 1. The zero-order valence-electron chi connectivity index (χ0n) is 11.6. The van der Waals surface area contributed by atoms with Crippen LogP contribution in [-0.2, 0) is 16.4 Å². The number of nitrogen functional groups attached to an aromatic ring is 1. The molecule has 0 saturated carbocycles. The van der Waals surface area contributed by atoms with Crippen molar-refractivity contribution in [2.75, 3.05) is 12.3 Å². The summed E-state index contributed by atoms with van der Waals surface area (Å²) in [5, 5.41) is 0. The second kappa shape index (κ2) is 6.24. The van der Waals surface area contributed by atoms with Crippen molar-refractivity contribution in [1.29, 1.82) is 0 Å². The van der Waals surface area contributed by atoms with E-state index in [1.807, 2.05) is 12.1 Å². The molecular formula is C15H17FN2O2S. The van der Waals surface area contributed by atoms with Gasteiger partial charge in [-0.05, 0) is 54.8 Å². The van der Waals surface area contributed by atoms with Crippen LogP contribution in [0, 0.1) is 12.7 Å². The van der Waals surface area contributed by atoms with Crippen molar-refractivity contribution in [3.05, 3.63) is 59.4 Å². The fourth-order valence-electron chi connectivity index (χ4n) is 2.01. The van der Waals surface area contributed by atoms with Gasteiger partial charge in [0.15, 0.2) is 0 Å². The van der Waals surface area contributed by atoms with Crippen LogP contribution in [0.3, 0.4) is 0 Å². The Labute approximate surface area is 123 Å². The molecular weight excluding hydrogens is 291 g/mol. The summed E-state index contributed by atoms with van der Waals surface area (Å²) in [5.74, 6) is -0.451. The van der Waals surface area contributed by atoms with Gasteiger partial charge in [-0.3, -0.25) is 0 Å². The lowest BCUT2D eigenvalue weighted by atomic mass is 10.1. The van der Waals surface area contributed by atoms with Gasteiger partial charge >= 0.3 is 0 Å². The number of anilines is 1.